The summed E-state index contributed by atoms with van der Waals surface area (Å²) < 4.78 is 18.2. The van der Waals surface area contributed by atoms with Crippen molar-refractivity contribution in [3.8, 4) is 0 Å². The van der Waals surface area contributed by atoms with E-state index < -0.39 is 17.5 Å². The van der Waals surface area contributed by atoms with Gasteiger partial charge in [0, 0.05) is 17.3 Å². The van der Waals surface area contributed by atoms with Gasteiger partial charge in [-0.3, -0.25) is 9.59 Å². The molecule has 0 aliphatic carbocycles. The van der Waals surface area contributed by atoms with Crippen molar-refractivity contribution in [1.82, 2.24) is 0 Å². The lowest BCUT2D eigenvalue weighted by molar-refractivity contribution is -0.110. The van der Waals surface area contributed by atoms with Crippen LogP contribution in [-0.4, -0.2) is 11.7 Å². The van der Waals surface area contributed by atoms with E-state index in [1.807, 2.05) is 0 Å². The molecule has 0 bridgehead atoms. The van der Waals surface area contributed by atoms with Crippen molar-refractivity contribution in [3.63, 3.8) is 0 Å². The molecule has 1 aromatic heterocycles. The first-order valence-electron chi connectivity index (χ1n) is 5.56. The fourth-order valence-corrected chi connectivity index (χ4v) is 1.92. The van der Waals surface area contributed by atoms with E-state index in [1.165, 1.54) is 30.5 Å². The summed E-state index contributed by atoms with van der Waals surface area (Å²) in [6.07, 6.45) is 2.52. The molecule has 4 nitrogen and oxygen atoms in total. The van der Waals surface area contributed by atoms with E-state index in [0.29, 0.717) is 11.3 Å². The van der Waals surface area contributed by atoms with E-state index in [9.17, 15) is 14.0 Å². The zero-order chi connectivity index (χ0) is 13.4. The number of hydrogen-bond acceptors (Lipinski definition) is 3. The minimum atomic E-state index is -0.466. The van der Waals surface area contributed by atoms with Crippen molar-refractivity contribution in [2.75, 3.05) is 5.32 Å². The number of carbonyl (C=O) groups excluding carboxylic acids is 2. The van der Waals surface area contributed by atoms with Crippen LogP contribution in [0.2, 0.25) is 0 Å². The summed E-state index contributed by atoms with van der Waals surface area (Å²) in [5.41, 5.74) is 1.01. The van der Waals surface area contributed by atoms with E-state index in [2.05, 4.69) is 5.32 Å². The van der Waals surface area contributed by atoms with Crippen molar-refractivity contribution in [2.45, 2.75) is 0 Å². The average Bonchev–Trinajstić information content (AvgIpc) is 2.99. The Bertz CT molecular complexity index is 701. The summed E-state index contributed by atoms with van der Waals surface area (Å²) in [5.74, 6) is -1.20. The molecule has 3 rings (SSSR count). The Morgan fingerprint density at radius 1 is 1.32 bits per heavy atom. The molecule has 1 N–H and O–H groups in total. The number of benzene rings is 1. The molecule has 0 atom stereocenters. The zero-order valence-corrected chi connectivity index (χ0v) is 9.64. The van der Waals surface area contributed by atoms with E-state index in [-0.39, 0.29) is 11.3 Å². The number of amides is 1. The molecule has 0 saturated heterocycles. The minimum absolute atomic E-state index is 0.130. The van der Waals surface area contributed by atoms with Crippen molar-refractivity contribution in [2.24, 2.45) is 0 Å². The number of halogens is 1. The molecule has 19 heavy (non-hydrogen) atoms. The highest BCUT2D eigenvalue weighted by Crippen LogP contribution is 2.32. The largest absolute Gasteiger partial charge is 0.461 e. The number of rotatable bonds is 2. The third-order valence-electron chi connectivity index (χ3n) is 2.80. The van der Waals surface area contributed by atoms with E-state index in [4.69, 9.17) is 4.42 Å². The SMILES string of the molecule is O=C1Nc2ccc(F)cc2/C1=C\C(=O)c1ccco1. The van der Waals surface area contributed by atoms with E-state index >= 15 is 0 Å². The third kappa shape index (κ3) is 1.95. The van der Waals surface area contributed by atoms with Gasteiger partial charge >= 0.3 is 0 Å². The lowest BCUT2D eigenvalue weighted by atomic mass is 10.1. The highest BCUT2D eigenvalue weighted by atomic mass is 19.1. The second-order valence-corrected chi connectivity index (χ2v) is 4.04. The Balaban J connectivity index is 2.04. The van der Waals surface area contributed by atoms with Crippen molar-refractivity contribution in [1.29, 1.82) is 0 Å². The minimum Gasteiger partial charge on any atom is -0.461 e. The highest BCUT2D eigenvalue weighted by Gasteiger charge is 2.25. The Kier molecular flexibility index (Phi) is 2.52. The first-order valence-corrected chi connectivity index (χ1v) is 5.56. The topological polar surface area (TPSA) is 59.3 Å². The summed E-state index contributed by atoms with van der Waals surface area (Å²) in [5, 5.41) is 2.57. The molecule has 0 radical (unpaired) electrons. The Hall–Kier alpha value is -2.69. The van der Waals surface area contributed by atoms with Crippen LogP contribution in [0.25, 0.3) is 5.57 Å². The maximum atomic E-state index is 13.2. The first kappa shape index (κ1) is 11.4. The quantitative estimate of drug-likeness (QED) is 0.664. The van der Waals surface area contributed by atoms with Crippen LogP contribution in [0.15, 0.2) is 47.1 Å². The van der Waals surface area contributed by atoms with Crippen LogP contribution in [0.3, 0.4) is 0 Å². The van der Waals surface area contributed by atoms with Crippen LogP contribution in [-0.2, 0) is 4.79 Å². The Morgan fingerprint density at radius 3 is 2.89 bits per heavy atom. The highest BCUT2D eigenvalue weighted by molar-refractivity contribution is 6.34. The Labute approximate surface area is 107 Å². The standard InChI is InChI=1S/C14H8FNO3/c15-8-3-4-11-9(6-8)10(14(18)16-11)7-12(17)13-2-1-5-19-13/h1-7H,(H,16,18)/b10-7+. The molecule has 94 valence electrons. The number of furan rings is 1. The molecular weight excluding hydrogens is 249 g/mol. The molecule has 2 aromatic rings. The van der Waals surface area contributed by atoms with Gasteiger partial charge in [-0.2, -0.15) is 0 Å². The molecule has 1 amide bonds. The number of nitrogens with one attached hydrogen (secondary N) is 1. The molecule has 1 aliphatic rings. The summed E-state index contributed by atoms with van der Waals surface area (Å²) in [7, 11) is 0. The molecule has 0 fully saturated rings. The monoisotopic (exact) mass is 257 g/mol. The fourth-order valence-electron chi connectivity index (χ4n) is 1.92. The van der Waals surface area contributed by atoms with E-state index in [0.717, 1.165) is 6.08 Å². The van der Waals surface area contributed by atoms with Crippen LogP contribution >= 0.6 is 0 Å². The van der Waals surface area contributed by atoms with Crippen molar-refractivity contribution in [3.05, 3.63) is 59.8 Å². The maximum absolute atomic E-state index is 13.2. The third-order valence-corrected chi connectivity index (χ3v) is 2.80. The Morgan fingerprint density at radius 2 is 2.16 bits per heavy atom. The number of hydrogen-bond donors (Lipinski definition) is 1. The fraction of sp³-hybridized carbons (Fsp3) is 0. The summed E-state index contributed by atoms with van der Waals surface area (Å²) >= 11 is 0. The van der Waals surface area contributed by atoms with Gasteiger partial charge in [0.05, 0.1) is 11.8 Å². The predicted octanol–water partition coefficient (Wildman–Crippen LogP) is 2.64. The van der Waals surface area contributed by atoms with Gasteiger partial charge in [0.25, 0.3) is 5.91 Å². The maximum Gasteiger partial charge on any atom is 0.256 e. The van der Waals surface area contributed by atoms with Crippen LogP contribution < -0.4 is 5.32 Å². The molecule has 0 saturated carbocycles. The summed E-state index contributed by atoms with van der Waals surface area (Å²) in [4.78, 5) is 23.6. The molecule has 2 heterocycles. The van der Waals surface area contributed by atoms with Gasteiger partial charge in [-0.25, -0.2) is 4.39 Å². The van der Waals surface area contributed by atoms with Gasteiger partial charge in [0.2, 0.25) is 5.78 Å². The number of ketones is 1. The predicted molar refractivity (Wildman–Crippen MR) is 66.0 cm³/mol. The van der Waals surface area contributed by atoms with Gasteiger partial charge < -0.3 is 9.73 Å². The van der Waals surface area contributed by atoms with Gasteiger partial charge in [-0.1, -0.05) is 0 Å². The number of allylic oxidation sites excluding steroid dienone is 1. The molecular formula is C14H8FNO3. The second-order valence-electron chi connectivity index (χ2n) is 4.04. The average molecular weight is 257 g/mol. The van der Waals surface area contributed by atoms with Gasteiger partial charge in [0.1, 0.15) is 5.82 Å². The van der Waals surface area contributed by atoms with Crippen LogP contribution in [0.1, 0.15) is 16.1 Å². The van der Waals surface area contributed by atoms with E-state index in [1.54, 1.807) is 6.07 Å². The van der Waals surface area contributed by atoms with Crippen molar-refractivity contribution < 1.29 is 18.4 Å². The number of anilines is 1. The molecule has 1 aliphatic heterocycles. The first-order chi connectivity index (χ1) is 9.15. The molecule has 0 spiro atoms. The normalized spacial score (nSPS) is 15.4. The van der Waals surface area contributed by atoms with Gasteiger partial charge in [-0.15, -0.1) is 0 Å². The van der Waals surface area contributed by atoms with Crippen molar-refractivity contribution >= 4 is 23.0 Å². The smallest absolute Gasteiger partial charge is 0.256 e. The second kappa shape index (κ2) is 4.20. The van der Waals surface area contributed by atoms with Crippen LogP contribution in [0.5, 0.6) is 0 Å². The van der Waals surface area contributed by atoms with Gasteiger partial charge in [-0.05, 0) is 30.3 Å². The molecule has 5 heteroatoms. The lowest BCUT2D eigenvalue weighted by Gasteiger charge is -1.97. The molecule has 0 unspecified atom stereocenters. The number of carbonyl (C=O) groups is 2. The molecule has 1 aromatic carbocycles. The lowest BCUT2D eigenvalue weighted by Crippen LogP contribution is -2.05. The number of fused-ring (bicyclic) bond motifs is 1. The van der Waals surface area contributed by atoms with Crippen LogP contribution in [0, 0.1) is 5.82 Å². The van der Waals surface area contributed by atoms with Crippen LogP contribution in [0.4, 0.5) is 10.1 Å². The van der Waals surface area contributed by atoms with Gasteiger partial charge in [0.15, 0.2) is 5.76 Å². The zero-order valence-electron chi connectivity index (χ0n) is 9.64. The summed E-state index contributed by atoms with van der Waals surface area (Å²) in [6.45, 7) is 0. The summed E-state index contributed by atoms with van der Waals surface area (Å²) in [6, 6.07) is 7.00.